The second kappa shape index (κ2) is 8.13. The van der Waals surface area contributed by atoms with Crippen LogP contribution < -0.4 is 22.0 Å². The summed E-state index contributed by atoms with van der Waals surface area (Å²) >= 11 is 0. The lowest BCUT2D eigenvalue weighted by molar-refractivity contribution is 0.349. The fourth-order valence-corrected chi connectivity index (χ4v) is 2.47. The van der Waals surface area contributed by atoms with Crippen LogP contribution in [0.3, 0.4) is 0 Å². The maximum absolute atomic E-state index is 6.13. The van der Waals surface area contributed by atoms with Crippen LogP contribution in [0.4, 0.5) is 11.6 Å². The van der Waals surface area contributed by atoms with E-state index in [9.17, 15) is 0 Å². The number of hydrogen-bond donors (Lipinski definition) is 2. The van der Waals surface area contributed by atoms with Crippen molar-refractivity contribution in [2.45, 2.75) is 0 Å². The number of benzene rings is 2. The summed E-state index contributed by atoms with van der Waals surface area (Å²) in [6.45, 7) is 1.08. The topological polar surface area (TPSA) is 73.1 Å². The lowest BCUT2D eigenvalue weighted by atomic mass is 9.55. The molecule has 0 bridgehead atoms. The first-order chi connectivity index (χ1) is 11.8. The van der Waals surface area contributed by atoms with Gasteiger partial charge in [0, 0.05) is 19.2 Å². The van der Waals surface area contributed by atoms with Crippen molar-refractivity contribution in [3.05, 3.63) is 73.1 Å². The van der Waals surface area contributed by atoms with Crippen LogP contribution in [-0.4, -0.2) is 30.0 Å². The summed E-state index contributed by atoms with van der Waals surface area (Å²) in [5, 5.41) is 3.19. The predicted molar refractivity (Wildman–Crippen MR) is 98.8 cm³/mol. The van der Waals surface area contributed by atoms with Gasteiger partial charge in [0.2, 0.25) is 0 Å². The normalized spacial score (nSPS) is 10.3. The summed E-state index contributed by atoms with van der Waals surface area (Å²) in [7, 11) is 0. The number of aromatic nitrogens is 2. The second-order valence-electron chi connectivity index (χ2n) is 5.33. The molecule has 1 aromatic heterocycles. The minimum absolute atomic E-state index is 0.0929. The lowest BCUT2D eigenvalue weighted by Crippen LogP contribution is -2.45. The van der Waals surface area contributed by atoms with Gasteiger partial charge in [-0.1, -0.05) is 60.7 Å². The SMILES string of the molecule is Nc1cc(NCCOB(c2ccccc2)c2ccccc2)ncn1. The molecule has 3 aromatic rings. The molecule has 0 aliphatic heterocycles. The fourth-order valence-electron chi connectivity index (χ4n) is 2.47. The van der Waals surface area contributed by atoms with E-state index >= 15 is 0 Å². The summed E-state index contributed by atoms with van der Waals surface area (Å²) in [4.78, 5) is 7.99. The Morgan fingerprint density at radius 1 is 0.917 bits per heavy atom. The molecule has 0 amide bonds. The highest BCUT2D eigenvalue weighted by Crippen LogP contribution is 2.04. The molecule has 0 fully saturated rings. The minimum Gasteiger partial charge on any atom is -0.425 e. The van der Waals surface area contributed by atoms with Crippen molar-refractivity contribution >= 4 is 29.5 Å². The second-order valence-corrected chi connectivity index (χ2v) is 5.33. The first-order valence-corrected chi connectivity index (χ1v) is 7.86. The van der Waals surface area contributed by atoms with Gasteiger partial charge in [-0.2, -0.15) is 0 Å². The number of rotatable bonds is 7. The molecule has 0 aliphatic rings. The molecular formula is C18H19BN4O. The molecule has 5 nitrogen and oxygen atoms in total. The van der Waals surface area contributed by atoms with Gasteiger partial charge >= 0.3 is 6.92 Å². The van der Waals surface area contributed by atoms with Crippen LogP contribution in [0.25, 0.3) is 0 Å². The molecule has 24 heavy (non-hydrogen) atoms. The molecule has 0 aliphatic carbocycles. The number of anilines is 2. The maximum Gasteiger partial charge on any atom is 0.361 e. The van der Waals surface area contributed by atoms with Crippen LogP contribution in [0.2, 0.25) is 0 Å². The smallest absolute Gasteiger partial charge is 0.361 e. The minimum atomic E-state index is -0.0929. The van der Waals surface area contributed by atoms with E-state index < -0.39 is 0 Å². The summed E-state index contributed by atoms with van der Waals surface area (Å²) in [6, 6.07) is 22.1. The van der Waals surface area contributed by atoms with E-state index in [-0.39, 0.29) is 6.92 Å². The number of nitrogens with one attached hydrogen (secondary N) is 1. The van der Waals surface area contributed by atoms with Crippen LogP contribution in [0.1, 0.15) is 0 Å². The number of nitrogen functional groups attached to an aromatic ring is 1. The van der Waals surface area contributed by atoms with Crippen molar-refractivity contribution in [2.24, 2.45) is 0 Å². The Morgan fingerprint density at radius 2 is 1.54 bits per heavy atom. The zero-order valence-corrected chi connectivity index (χ0v) is 13.3. The van der Waals surface area contributed by atoms with Gasteiger partial charge < -0.3 is 15.7 Å². The van der Waals surface area contributed by atoms with E-state index in [1.165, 1.54) is 6.33 Å². The zero-order valence-electron chi connectivity index (χ0n) is 13.3. The van der Waals surface area contributed by atoms with E-state index in [0.717, 1.165) is 10.9 Å². The van der Waals surface area contributed by atoms with E-state index in [4.69, 9.17) is 10.4 Å². The molecule has 1 heterocycles. The third kappa shape index (κ3) is 4.33. The van der Waals surface area contributed by atoms with Gasteiger partial charge in [-0.15, -0.1) is 0 Å². The molecule has 0 spiro atoms. The maximum atomic E-state index is 6.13. The number of hydrogen-bond acceptors (Lipinski definition) is 5. The molecule has 0 unspecified atom stereocenters. The molecule has 2 aromatic carbocycles. The predicted octanol–water partition coefficient (Wildman–Crippen LogP) is 1.29. The highest BCUT2D eigenvalue weighted by Gasteiger charge is 2.20. The summed E-state index contributed by atoms with van der Waals surface area (Å²) < 4.78 is 6.13. The largest absolute Gasteiger partial charge is 0.425 e. The summed E-state index contributed by atoms with van der Waals surface area (Å²) in [5.74, 6) is 1.14. The van der Waals surface area contributed by atoms with E-state index in [2.05, 4.69) is 39.6 Å². The van der Waals surface area contributed by atoms with E-state index in [0.29, 0.717) is 24.8 Å². The first kappa shape index (κ1) is 16.0. The van der Waals surface area contributed by atoms with Crippen molar-refractivity contribution in [2.75, 3.05) is 24.2 Å². The number of nitrogens with two attached hydrogens (primary N) is 1. The van der Waals surface area contributed by atoms with Crippen LogP contribution in [0.5, 0.6) is 0 Å². The van der Waals surface area contributed by atoms with E-state index in [1.54, 1.807) is 6.07 Å². The molecule has 3 N–H and O–H groups in total. The number of nitrogens with zero attached hydrogens (tertiary/aromatic N) is 2. The third-order valence-electron chi connectivity index (χ3n) is 3.59. The molecule has 0 radical (unpaired) electrons. The quantitative estimate of drug-likeness (QED) is 0.507. The van der Waals surface area contributed by atoms with Crippen LogP contribution in [0, 0.1) is 0 Å². The van der Waals surface area contributed by atoms with Gasteiger partial charge in [-0.25, -0.2) is 9.97 Å². The fraction of sp³-hybridized carbons (Fsp3) is 0.111. The van der Waals surface area contributed by atoms with Gasteiger partial charge in [-0.3, -0.25) is 0 Å². The first-order valence-electron chi connectivity index (χ1n) is 7.86. The van der Waals surface area contributed by atoms with Gasteiger partial charge in [-0.05, 0) is 10.9 Å². The molecule has 6 heteroatoms. The Hall–Kier alpha value is -2.86. The molecular weight excluding hydrogens is 299 g/mol. The van der Waals surface area contributed by atoms with Gasteiger partial charge in [0.05, 0.1) is 0 Å². The van der Waals surface area contributed by atoms with Gasteiger partial charge in [0.15, 0.2) is 0 Å². The Balaban J connectivity index is 1.63. The highest BCUT2D eigenvalue weighted by atomic mass is 16.4. The van der Waals surface area contributed by atoms with Gasteiger partial charge in [0.1, 0.15) is 18.0 Å². The summed E-state index contributed by atoms with van der Waals surface area (Å²) in [6.07, 6.45) is 1.44. The average molecular weight is 318 g/mol. The third-order valence-corrected chi connectivity index (χ3v) is 3.59. The van der Waals surface area contributed by atoms with Crippen LogP contribution in [0.15, 0.2) is 73.1 Å². The summed E-state index contributed by atoms with van der Waals surface area (Å²) in [5.41, 5.74) is 7.91. The van der Waals surface area contributed by atoms with Crippen LogP contribution >= 0.6 is 0 Å². The standard InChI is InChI=1S/C18H19BN4O/c20-17-13-18(23-14-22-17)21-11-12-24-19(15-7-3-1-4-8-15)16-9-5-2-6-10-16/h1-10,13-14H,11-12H2,(H3,20,21,22,23). The van der Waals surface area contributed by atoms with Crippen molar-refractivity contribution in [1.29, 1.82) is 0 Å². The van der Waals surface area contributed by atoms with E-state index in [1.807, 2.05) is 36.4 Å². The van der Waals surface area contributed by atoms with Gasteiger partial charge in [0.25, 0.3) is 0 Å². The lowest BCUT2D eigenvalue weighted by Gasteiger charge is -2.16. The molecule has 0 atom stereocenters. The monoisotopic (exact) mass is 318 g/mol. The molecule has 120 valence electrons. The van der Waals surface area contributed by atoms with Crippen molar-refractivity contribution in [1.82, 2.24) is 9.97 Å². The molecule has 0 saturated carbocycles. The molecule has 3 rings (SSSR count). The molecule has 0 saturated heterocycles. The van der Waals surface area contributed by atoms with Crippen LogP contribution in [-0.2, 0) is 4.65 Å². The van der Waals surface area contributed by atoms with Crippen molar-refractivity contribution in [3.8, 4) is 0 Å². The average Bonchev–Trinajstić information content (AvgIpc) is 2.63. The Bertz CT molecular complexity index is 716. The highest BCUT2D eigenvalue weighted by molar-refractivity contribution is 6.80. The van der Waals surface area contributed by atoms with Crippen molar-refractivity contribution < 1.29 is 4.65 Å². The van der Waals surface area contributed by atoms with Crippen molar-refractivity contribution in [3.63, 3.8) is 0 Å². The Kier molecular flexibility index (Phi) is 5.42. The Labute approximate surface area is 142 Å². The Morgan fingerprint density at radius 3 is 2.12 bits per heavy atom. The zero-order chi connectivity index (χ0) is 16.6.